The van der Waals surface area contributed by atoms with E-state index in [2.05, 4.69) is 6.58 Å². The maximum atomic E-state index is 10.1. The van der Waals surface area contributed by atoms with E-state index in [4.69, 9.17) is 5.11 Å². The third kappa shape index (κ3) is 8.27. The van der Waals surface area contributed by atoms with Crippen LogP contribution in [0.4, 0.5) is 0 Å². The number of phenolic OH excluding ortho intramolecular Hbond substituents is 1. The molecule has 0 aliphatic rings. The standard InChI is InChI=1S/C6H6O.C6H8O/c7-6-4-2-1-3-5-6;1-3-4-5-6(2)7/h1-5,7H;3-5H,1H2,2H3/b;5-4+. The molecule has 2 nitrogen and oxygen atoms in total. The predicted octanol–water partition coefficient (Wildman–Crippen LogP) is 2.71. The summed E-state index contributed by atoms with van der Waals surface area (Å²) < 4.78 is 0. The van der Waals surface area contributed by atoms with Gasteiger partial charge in [-0.1, -0.05) is 36.9 Å². The summed E-state index contributed by atoms with van der Waals surface area (Å²) in [7, 11) is 0. The molecule has 0 heterocycles. The van der Waals surface area contributed by atoms with Crippen LogP contribution in [-0.2, 0) is 4.79 Å². The summed E-state index contributed by atoms with van der Waals surface area (Å²) >= 11 is 0. The molecule has 0 fully saturated rings. The Morgan fingerprint density at radius 1 is 1.36 bits per heavy atom. The highest BCUT2D eigenvalue weighted by Crippen LogP contribution is 2.02. The van der Waals surface area contributed by atoms with Gasteiger partial charge in [0, 0.05) is 0 Å². The van der Waals surface area contributed by atoms with Gasteiger partial charge in [-0.3, -0.25) is 4.79 Å². The number of phenols is 1. The highest BCUT2D eigenvalue weighted by atomic mass is 16.3. The van der Waals surface area contributed by atoms with Gasteiger partial charge in [-0.15, -0.1) is 0 Å². The number of allylic oxidation sites excluding steroid dienone is 3. The van der Waals surface area contributed by atoms with E-state index in [1.54, 1.807) is 36.4 Å². The van der Waals surface area contributed by atoms with Crippen LogP contribution in [0.1, 0.15) is 6.92 Å². The van der Waals surface area contributed by atoms with Crippen molar-refractivity contribution in [3.05, 3.63) is 55.1 Å². The highest BCUT2D eigenvalue weighted by Gasteiger charge is 1.75. The van der Waals surface area contributed by atoms with E-state index in [0.29, 0.717) is 5.75 Å². The molecular formula is C12H14O2. The zero-order chi connectivity index (χ0) is 10.8. The van der Waals surface area contributed by atoms with Gasteiger partial charge in [0.1, 0.15) is 5.75 Å². The van der Waals surface area contributed by atoms with Crippen molar-refractivity contribution in [3.63, 3.8) is 0 Å². The van der Waals surface area contributed by atoms with Crippen LogP contribution in [0.25, 0.3) is 0 Å². The fourth-order valence-corrected chi connectivity index (χ4v) is 0.632. The van der Waals surface area contributed by atoms with Crippen molar-refractivity contribution in [2.75, 3.05) is 0 Å². The summed E-state index contributed by atoms with van der Waals surface area (Å²) in [5, 5.41) is 8.63. The Morgan fingerprint density at radius 3 is 2.14 bits per heavy atom. The lowest BCUT2D eigenvalue weighted by atomic mass is 10.3. The third-order valence-electron chi connectivity index (χ3n) is 1.22. The van der Waals surface area contributed by atoms with Crippen molar-refractivity contribution in [1.29, 1.82) is 0 Å². The molecule has 0 spiro atoms. The molecule has 0 saturated heterocycles. The fraction of sp³-hybridized carbons (Fsp3) is 0.0833. The van der Waals surface area contributed by atoms with Crippen LogP contribution in [0.15, 0.2) is 55.1 Å². The molecule has 2 heteroatoms. The summed E-state index contributed by atoms with van der Waals surface area (Å²) in [5.41, 5.74) is 0. The summed E-state index contributed by atoms with van der Waals surface area (Å²) in [5.74, 6) is 0.377. The van der Waals surface area contributed by atoms with Crippen LogP contribution in [-0.4, -0.2) is 10.9 Å². The molecule has 0 aromatic heterocycles. The maximum absolute atomic E-state index is 10.1. The lowest BCUT2D eigenvalue weighted by molar-refractivity contribution is -0.112. The minimum Gasteiger partial charge on any atom is -0.508 e. The molecule has 0 unspecified atom stereocenters. The Balaban J connectivity index is 0.000000241. The number of carbonyl (C=O) groups excluding carboxylic acids is 1. The predicted molar refractivity (Wildman–Crippen MR) is 58.1 cm³/mol. The Hall–Kier alpha value is -1.83. The first kappa shape index (κ1) is 12.2. The molecule has 14 heavy (non-hydrogen) atoms. The first-order valence-corrected chi connectivity index (χ1v) is 4.20. The molecular weight excluding hydrogens is 176 g/mol. The Labute approximate surface area is 84.2 Å². The molecule has 1 aromatic carbocycles. The Kier molecular flexibility index (Phi) is 6.78. The Bertz CT molecular complexity index is 299. The van der Waals surface area contributed by atoms with E-state index < -0.39 is 0 Å². The number of hydrogen-bond donors (Lipinski definition) is 1. The van der Waals surface area contributed by atoms with Crippen LogP contribution in [0.5, 0.6) is 5.75 Å². The van der Waals surface area contributed by atoms with Crippen molar-refractivity contribution >= 4 is 5.78 Å². The van der Waals surface area contributed by atoms with Gasteiger partial charge in [-0.25, -0.2) is 0 Å². The van der Waals surface area contributed by atoms with Gasteiger partial charge >= 0.3 is 0 Å². The average molecular weight is 190 g/mol. The minimum absolute atomic E-state index is 0.0555. The van der Waals surface area contributed by atoms with Crippen LogP contribution >= 0.6 is 0 Å². The van der Waals surface area contributed by atoms with Crippen molar-refractivity contribution in [2.45, 2.75) is 6.92 Å². The van der Waals surface area contributed by atoms with Gasteiger partial charge in [0.15, 0.2) is 5.78 Å². The number of carbonyl (C=O) groups is 1. The zero-order valence-corrected chi connectivity index (χ0v) is 8.18. The summed E-state index contributed by atoms with van der Waals surface area (Å²) in [4.78, 5) is 10.1. The van der Waals surface area contributed by atoms with Gasteiger partial charge < -0.3 is 5.11 Å². The second-order valence-electron chi connectivity index (χ2n) is 2.54. The van der Waals surface area contributed by atoms with Crippen LogP contribution in [0.3, 0.4) is 0 Å². The van der Waals surface area contributed by atoms with E-state index in [1.807, 2.05) is 6.07 Å². The van der Waals surface area contributed by atoms with E-state index in [-0.39, 0.29) is 5.78 Å². The molecule has 0 saturated carbocycles. The molecule has 0 bridgehead atoms. The van der Waals surface area contributed by atoms with Gasteiger partial charge in [0.2, 0.25) is 0 Å². The topological polar surface area (TPSA) is 37.3 Å². The summed E-state index contributed by atoms with van der Waals surface area (Å²) in [6.07, 6.45) is 4.65. The third-order valence-corrected chi connectivity index (χ3v) is 1.22. The molecule has 0 aliphatic heterocycles. The smallest absolute Gasteiger partial charge is 0.152 e. The molecule has 0 atom stereocenters. The Morgan fingerprint density at radius 2 is 1.93 bits per heavy atom. The number of ketones is 1. The lowest BCUT2D eigenvalue weighted by Gasteiger charge is -1.82. The van der Waals surface area contributed by atoms with E-state index in [9.17, 15) is 4.79 Å². The number of para-hydroxylation sites is 1. The lowest BCUT2D eigenvalue weighted by Crippen LogP contribution is -1.76. The molecule has 1 N–H and O–H groups in total. The van der Waals surface area contributed by atoms with E-state index >= 15 is 0 Å². The van der Waals surface area contributed by atoms with Gasteiger partial charge in [-0.05, 0) is 25.1 Å². The van der Waals surface area contributed by atoms with Crippen molar-refractivity contribution < 1.29 is 9.90 Å². The second kappa shape index (κ2) is 7.80. The maximum Gasteiger partial charge on any atom is 0.152 e. The van der Waals surface area contributed by atoms with Crippen molar-refractivity contribution in [3.8, 4) is 5.75 Å². The molecule has 1 rings (SSSR count). The van der Waals surface area contributed by atoms with E-state index in [0.717, 1.165) is 0 Å². The number of rotatable bonds is 2. The quantitative estimate of drug-likeness (QED) is 0.575. The highest BCUT2D eigenvalue weighted by molar-refractivity contribution is 5.87. The van der Waals surface area contributed by atoms with Gasteiger partial charge in [0.05, 0.1) is 0 Å². The minimum atomic E-state index is 0.0555. The number of hydrogen-bond acceptors (Lipinski definition) is 2. The number of aromatic hydroxyl groups is 1. The van der Waals surface area contributed by atoms with Crippen LogP contribution in [0, 0.1) is 0 Å². The zero-order valence-electron chi connectivity index (χ0n) is 8.18. The van der Waals surface area contributed by atoms with Crippen LogP contribution in [0.2, 0.25) is 0 Å². The fourth-order valence-electron chi connectivity index (χ4n) is 0.632. The largest absolute Gasteiger partial charge is 0.508 e. The molecule has 0 amide bonds. The molecule has 1 aromatic rings. The van der Waals surface area contributed by atoms with Gasteiger partial charge in [-0.2, -0.15) is 0 Å². The summed E-state index contributed by atoms with van der Waals surface area (Å²) in [6.45, 7) is 4.89. The van der Waals surface area contributed by atoms with Crippen molar-refractivity contribution in [2.24, 2.45) is 0 Å². The van der Waals surface area contributed by atoms with Crippen molar-refractivity contribution in [1.82, 2.24) is 0 Å². The first-order valence-electron chi connectivity index (χ1n) is 4.20. The number of benzene rings is 1. The first-order chi connectivity index (χ1) is 6.66. The van der Waals surface area contributed by atoms with E-state index in [1.165, 1.54) is 13.0 Å². The normalized spacial score (nSPS) is 8.93. The SMILES string of the molecule is C=C/C=C/C(C)=O.Oc1ccccc1. The van der Waals surface area contributed by atoms with Crippen LogP contribution < -0.4 is 0 Å². The monoisotopic (exact) mass is 190 g/mol. The molecule has 0 radical (unpaired) electrons. The average Bonchev–Trinajstić information content (AvgIpc) is 2.17. The summed E-state index contributed by atoms with van der Waals surface area (Å²) in [6, 6.07) is 8.71. The molecule has 0 aliphatic carbocycles. The van der Waals surface area contributed by atoms with Gasteiger partial charge in [0.25, 0.3) is 0 Å². The molecule has 74 valence electrons. The second-order valence-corrected chi connectivity index (χ2v) is 2.54.